The largest absolute Gasteiger partial charge is 0.262 e. The molecule has 2 heterocycles. The van der Waals surface area contributed by atoms with E-state index in [0.717, 1.165) is 12.8 Å². The Bertz CT molecular complexity index is 850. The van der Waals surface area contributed by atoms with Gasteiger partial charge in [-0.3, -0.25) is 4.98 Å². The Morgan fingerprint density at radius 2 is 1.92 bits per heavy atom. The van der Waals surface area contributed by atoms with Crippen LogP contribution in [0.25, 0.3) is 0 Å². The number of sulfonamides is 1. The van der Waals surface area contributed by atoms with Gasteiger partial charge in [-0.15, -0.1) is 0 Å². The maximum atomic E-state index is 13.0. The summed E-state index contributed by atoms with van der Waals surface area (Å²) < 4.78 is 27.7. The van der Waals surface area contributed by atoms with Crippen LogP contribution in [0, 0.1) is 5.41 Å². The second-order valence-corrected chi connectivity index (χ2v) is 9.19. The molecule has 1 atom stereocenters. The average molecular weight is 363 g/mol. The number of halogens is 1. The SMILES string of the molecule is O=S(=O)(c1cncc(Cl)c1)N1CC(c2ccccc2)C2(CCC2)C1. The highest BCUT2D eigenvalue weighted by Crippen LogP contribution is 2.56. The zero-order chi connectivity index (χ0) is 16.8. The summed E-state index contributed by atoms with van der Waals surface area (Å²) in [7, 11) is -3.56. The fourth-order valence-corrected chi connectivity index (χ4v) is 5.85. The lowest BCUT2D eigenvalue weighted by Gasteiger charge is -2.43. The Balaban J connectivity index is 1.69. The number of pyridine rings is 1. The Labute approximate surface area is 147 Å². The summed E-state index contributed by atoms with van der Waals surface area (Å²) in [6, 6.07) is 11.8. The maximum Gasteiger partial charge on any atom is 0.244 e. The van der Waals surface area contributed by atoms with Crippen molar-refractivity contribution in [3.63, 3.8) is 0 Å². The van der Waals surface area contributed by atoms with Crippen LogP contribution in [-0.4, -0.2) is 30.8 Å². The number of aromatic nitrogens is 1. The van der Waals surface area contributed by atoms with Crippen LogP contribution in [0.5, 0.6) is 0 Å². The third-order valence-corrected chi connectivity index (χ3v) is 7.47. The fraction of sp³-hybridized carbons (Fsp3) is 0.389. The van der Waals surface area contributed by atoms with E-state index in [1.807, 2.05) is 18.2 Å². The van der Waals surface area contributed by atoms with E-state index in [9.17, 15) is 8.42 Å². The van der Waals surface area contributed by atoms with Gasteiger partial charge in [0.25, 0.3) is 0 Å². The summed E-state index contributed by atoms with van der Waals surface area (Å²) in [6.45, 7) is 1.11. The summed E-state index contributed by atoms with van der Waals surface area (Å²) in [5.74, 6) is 0.259. The highest BCUT2D eigenvalue weighted by molar-refractivity contribution is 7.89. The monoisotopic (exact) mass is 362 g/mol. The molecule has 1 unspecified atom stereocenters. The van der Waals surface area contributed by atoms with E-state index in [4.69, 9.17) is 11.6 Å². The van der Waals surface area contributed by atoms with Gasteiger partial charge in [0, 0.05) is 31.4 Å². The van der Waals surface area contributed by atoms with Crippen molar-refractivity contribution in [2.45, 2.75) is 30.1 Å². The summed E-state index contributed by atoms with van der Waals surface area (Å²) in [5, 5.41) is 0.341. The minimum atomic E-state index is -3.56. The fourth-order valence-electron chi connectivity index (χ4n) is 4.07. The molecule has 126 valence electrons. The molecule has 1 spiro atoms. The van der Waals surface area contributed by atoms with Gasteiger partial charge in [0.2, 0.25) is 10.0 Å². The number of hydrogen-bond donors (Lipinski definition) is 0. The van der Waals surface area contributed by atoms with Crippen LogP contribution < -0.4 is 0 Å². The molecule has 1 aliphatic heterocycles. The van der Waals surface area contributed by atoms with Crippen LogP contribution >= 0.6 is 11.6 Å². The molecule has 1 saturated carbocycles. The van der Waals surface area contributed by atoms with Crippen LogP contribution in [0.2, 0.25) is 5.02 Å². The van der Waals surface area contributed by atoms with Gasteiger partial charge in [0.1, 0.15) is 4.90 Å². The molecular weight excluding hydrogens is 344 g/mol. The van der Waals surface area contributed by atoms with Crippen molar-refractivity contribution in [1.29, 1.82) is 0 Å². The van der Waals surface area contributed by atoms with E-state index in [1.165, 1.54) is 30.4 Å². The lowest BCUT2D eigenvalue weighted by atomic mass is 9.61. The molecule has 4 nitrogen and oxygen atoms in total. The zero-order valence-electron chi connectivity index (χ0n) is 13.2. The van der Waals surface area contributed by atoms with Crippen molar-refractivity contribution < 1.29 is 8.42 Å². The first-order valence-electron chi connectivity index (χ1n) is 8.17. The van der Waals surface area contributed by atoms with Crippen molar-refractivity contribution in [2.24, 2.45) is 5.41 Å². The van der Waals surface area contributed by atoms with Crippen molar-refractivity contribution in [3.8, 4) is 0 Å². The van der Waals surface area contributed by atoms with Gasteiger partial charge in [-0.25, -0.2) is 8.42 Å². The standard InChI is InChI=1S/C18H19ClN2O2S/c19-15-9-16(11-20-10-15)24(22,23)21-12-17(14-5-2-1-3-6-14)18(13-21)7-4-8-18/h1-3,5-6,9-11,17H,4,7-8,12-13H2. The summed E-state index contributed by atoms with van der Waals surface area (Å²) in [5.41, 5.74) is 1.32. The van der Waals surface area contributed by atoms with Crippen LogP contribution in [-0.2, 0) is 10.0 Å². The highest BCUT2D eigenvalue weighted by Gasteiger charge is 2.53. The number of hydrogen-bond acceptors (Lipinski definition) is 3. The van der Waals surface area contributed by atoms with Crippen LogP contribution in [0.3, 0.4) is 0 Å². The van der Waals surface area contributed by atoms with Crippen LogP contribution in [0.15, 0.2) is 53.7 Å². The van der Waals surface area contributed by atoms with Crippen LogP contribution in [0.4, 0.5) is 0 Å². The van der Waals surface area contributed by atoms with Gasteiger partial charge >= 0.3 is 0 Å². The van der Waals surface area contributed by atoms with E-state index in [0.29, 0.717) is 18.1 Å². The van der Waals surface area contributed by atoms with E-state index in [-0.39, 0.29) is 16.2 Å². The molecule has 1 aliphatic carbocycles. The predicted molar refractivity (Wildman–Crippen MR) is 93.5 cm³/mol. The van der Waals surface area contributed by atoms with E-state index < -0.39 is 10.0 Å². The van der Waals surface area contributed by atoms with Crippen molar-refractivity contribution in [3.05, 3.63) is 59.4 Å². The zero-order valence-corrected chi connectivity index (χ0v) is 14.8. The first-order chi connectivity index (χ1) is 11.5. The van der Waals surface area contributed by atoms with Gasteiger partial charge in [-0.05, 0) is 29.9 Å². The lowest BCUT2D eigenvalue weighted by molar-refractivity contribution is 0.131. The smallest absolute Gasteiger partial charge is 0.244 e. The molecule has 1 saturated heterocycles. The molecular formula is C18H19ClN2O2S. The topological polar surface area (TPSA) is 50.3 Å². The molecule has 0 N–H and O–H groups in total. The molecule has 4 rings (SSSR count). The van der Waals surface area contributed by atoms with Crippen molar-refractivity contribution in [2.75, 3.05) is 13.1 Å². The third-order valence-electron chi connectivity index (χ3n) is 5.49. The molecule has 0 amide bonds. The van der Waals surface area contributed by atoms with E-state index in [2.05, 4.69) is 17.1 Å². The average Bonchev–Trinajstić information content (AvgIpc) is 2.97. The van der Waals surface area contributed by atoms with Gasteiger partial charge in [-0.2, -0.15) is 4.31 Å². The van der Waals surface area contributed by atoms with Crippen molar-refractivity contribution >= 4 is 21.6 Å². The number of nitrogens with zero attached hydrogens (tertiary/aromatic N) is 2. The quantitative estimate of drug-likeness (QED) is 0.836. The molecule has 2 aliphatic rings. The minimum absolute atomic E-state index is 0.0838. The van der Waals surface area contributed by atoms with E-state index >= 15 is 0 Å². The van der Waals surface area contributed by atoms with Gasteiger partial charge < -0.3 is 0 Å². The maximum absolute atomic E-state index is 13.0. The summed E-state index contributed by atoms with van der Waals surface area (Å²) >= 11 is 5.93. The number of benzene rings is 1. The molecule has 1 aromatic carbocycles. The third kappa shape index (κ3) is 2.55. The van der Waals surface area contributed by atoms with Crippen molar-refractivity contribution in [1.82, 2.24) is 9.29 Å². The van der Waals surface area contributed by atoms with Gasteiger partial charge in [0.05, 0.1) is 5.02 Å². The second kappa shape index (κ2) is 5.83. The Morgan fingerprint density at radius 3 is 2.54 bits per heavy atom. The number of rotatable bonds is 3. The minimum Gasteiger partial charge on any atom is -0.262 e. The Morgan fingerprint density at radius 1 is 1.17 bits per heavy atom. The second-order valence-electron chi connectivity index (χ2n) is 6.82. The highest BCUT2D eigenvalue weighted by atomic mass is 35.5. The lowest BCUT2D eigenvalue weighted by Crippen LogP contribution is -2.37. The molecule has 6 heteroatoms. The predicted octanol–water partition coefficient (Wildman–Crippen LogP) is 3.69. The molecule has 1 aromatic heterocycles. The first kappa shape index (κ1) is 16.1. The van der Waals surface area contributed by atoms with Crippen LogP contribution in [0.1, 0.15) is 30.7 Å². The molecule has 0 bridgehead atoms. The molecule has 2 fully saturated rings. The molecule has 24 heavy (non-hydrogen) atoms. The normalized spacial score (nSPS) is 23.3. The Hall–Kier alpha value is -1.43. The summed E-state index contributed by atoms with van der Waals surface area (Å²) in [4.78, 5) is 4.11. The summed E-state index contributed by atoms with van der Waals surface area (Å²) in [6.07, 6.45) is 6.18. The molecule has 0 radical (unpaired) electrons. The van der Waals surface area contributed by atoms with Gasteiger partial charge in [0.15, 0.2) is 0 Å². The molecule has 2 aromatic rings. The van der Waals surface area contributed by atoms with Gasteiger partial charge in [-0.1, -0.05) is 48.4 Å². The van der Waals surface area contributed by atoms with E-state index in [1.54, 1.807) is 4.31 Å². The first-order valence-corrected chi connectivity index (χ1v) is 9.99. The Kier molecular flexibility index (Phi) is 3.90.